The first-order valence-corrected chi connectivity index (χ1v) is 16.9. The van der Waals surface area contributed by atoms with Gasteiger partial charge in [0.1, 0.15) is 11.3 Å². The van der Waals surface area contributed by atoms with Gasteiger partial charge in [-0.2, -0.15) is 15.2 Å². The van der Waals surface area contributed by atoms with Crippen molar-refractivity contribution < 1.29 is 13.9 Å². The third kappa shape index (κ3) is 6.41. The van der Waals surface area contributed by atoms with Gasteiger partial charge < -0.3 is 19.4 Å². The van der Waals surface area contributed by atoms with E-state index in [0.717, 1.165) is 28.4 Å². The van der Waals surface area contributed by atoms with Crippen molar-refractivity contribution in [3.8, 4) is 23.3 Å². The molecular weight excluding hydrogens is 629 g/mol. The molecule has 2 unspecified atom stereocenters. The quantitative estimate of drug-likeness (QED) is 0.186. The highest BCUT2D eigenvalue weighted by Gasteiger charge is 2.34. The first kappa shape index (κ1) is 33.6. The van der Waals surface area contributed by atoms with Crippen LogP contribution in [0.15, 0.2) is 55.0 Å². The molecule has 1 amide bonds. The summed E-state index contributed by atoms with van der Waals surface area (Å²) < 4.78 is 20.3. The zero-order valence-electron chi connectivity index (χ0n) is 27.9. The summed E-state index contributed by atoms with van der Waals surface area (Å²) in [4.78, 5) is 33.0. The summed E-state index contributed by atoms with van der Waals surface area (Å²) in [5.41, 5.74) is 3.10. The van der Waals surface area contributed by atoms with Gasteiger partial charge in [-0.25, -0.2) is 4.39 Å². The summed E-state index contributed by atoms with van der Waals surface area (Å²) in [5.74, 6) is -0.552. The number of carbonyl (C=O) groups is 1. The van der Waals surface area contributed by atoms with E-state index in [1.165, 1.54) is 17.7 Å². The van der Waals surface area contributed by atoms with E-state index in [-0.39, 0.29) is 31.4 Å². The number of hydrogen-bond donors (Lipinski definition) is 0. The lowest BCUT2D eigenvalue weighted by Gasteiger charge is -2.41. The van der Waals surface area contributed by atoms with E-state index in [0.29, 0.717) is 52.5 Å². The molecule has 2 aliphatic heterocycles. The molecular formula is C37H41ClFN7O2. The molecule has 4 heterocycles. The molecule has 0 aliphatic carbocycles. The van der Waals surface area contributed by atoms with Crippen molar-refractivity contribution in [3.05, 3.63) is 65.6 Å². The molecule has 0 bridgehead atoms. The summed E-state index contributed by atoms with van der Waals surface area (Å²) >= 11 is 7.23. The number of pyridine rings is 1. The Kier molecular flexibility index (Phi) is 9.81. The van der Waals surface area contributed by atoms with Gasteiger partial charge in [-0.15, -0.1) is 0 Å². The molecule has 2 fully saturated rings. The second-order valence-electron chi connectivity index (χ2n) is 13.2. The van der Waals surface area contributed by atoms with Crippen LogP contribution in [0.5, 0.6) is 6.01 Å². The highest BCUT2D eigenvalue weighted by atomic mass is 35.5. The Hall–Kier alpha value is -4.33. The first-order valence-electron chi connectivity index (χ1n) is 16.5. The van der Waals surface area contributed by atoms with E-state index >= 15 is 0 Å². The van der Waals surface area contributed by atoms with Gasteiger partial charge in [0.25, 0.3) is 5.91 Å². The Morgan fingerprint density at radius 1 is 1.21 bits per heavy atom. The van der Waals surface area contributed by atoms with Crippen LogP contribution in [0.25, 0.3) is 32.9 Å². The number of aromatic nitrogens is 3. The van der Waals surface area contributed by atoms with E-state index in [9.17, 15) is 14.4 Å². The third-order valence-corrected chi connectivity index (χ3v) is 10.3. The highest BCUT2D eigenvalue weighted by molar-refractivity contribution is 6.38. The number of nitriles is 1. The lowest BCUT2D eigenvalue weighted by atomic mass is 9.84. The maximum atomic E-state index is 13.9. The molecule has 0 saturated carbocycles. The molecule has 2 saturated heterocycles. The van der Waals surface area contributed by atoms with Crippen LogP contribution in [0.2, 0.25) is 5.02 Å². The van der Waals surface area contributed by atoms with Crippen molar-refractivity contribution in [2.45, 2.75) is 52.1 Å². The number of benzene rings is 2. The number of nitrogens with zero attached hydrogens (tertiary/aromatic N) is 7. The van der Waals surface area contributed by atoms with Gasteiger partial charge in [0.2, 0.25) is 0 Å². The smallest absolute Gasteiger partial charge is 0.319 e. The zero-order valence-corrected chi connectivity index (χ0v) is 28.7. The number of piperazine rings is 1. The van der Waals surface area contributed by atoms with Crippen LogP contribution >= 0.6 is 11.6 Å². The molecule has 0 spiro atoms. The van der Waals surface area contributed by atoms with Gasteiger partial charge in [-0.1, -0.05) is 68.4 Å². The summed E-state index contributed by atoms with van der Waals surface area (Å²) in [5, 5.41) is 12.7. The van der Waals surface area contributed by atoms with Gasteiger partial charge in [0.15, 0.2) is 5.83 Å². The SMILES string of the molecule is C=C(F)C(=O)N1CCN(c2nc(OC[C@H](C)C3C(C)CCCN3C)nc3c(Cl)c(-c4cccc5cccc(C)c45)ncc23)C[C@@H]1CC#N. The fraction of sp³-hybridized carbons (Fsp3) is 0.432. The number of aryl methyl sites for hydroxylation is 1. The van der Waals surface area contributed by atoms with Crippen LogP contribution in [0.3, 0.4) is 0 Å². The number of hydrogen-bond acceptors (Lipinski definition) is 8. The molecule has 11 heteroatoms. The molecule has 0 N–H and O–H groups in total. The number of halogens is 2. The number of rotatable bonds is 8. The van der Waals surface area contributed by atoms with Crippen LogP contribution in [0, 0.1) is 30.1 Å². The summed E-state index contributed by atoms with van der Waals surface area (Å²) in [6.45, 7) is 12.0. The highest BCUT2D eigenvalue weighted by Crippen LogP contribution is 2.40. The first-order chi connectivity index (χ1) is 23.1. The largest absolute Gasteiger partial charge is 0.463 e. The number of carbonyl (C=O) groups excluding carboxylic acids is 1. The van der Waals surface area contributed by atoms with E-state index in [4.69, 9.17) is 31.3 Å². The van der Waals surface area contributed by atoms with E-state index < -0.39 is 17.8 Å². The average molecular weight is 670 g/mol. The molecule has 4 aromatic rings. The Bertz CT molecular complexity index is 1900. The van der Waals surface area contributed by atoms with Crippen LogP contribution in [-0.4, -0.2) is 82.6 Å². The van der Waals surface area contributed by atoms with Crippen LogP contribution in [0.4, 0.5) is 10.2 Å². The number of likely N-dealkylation sites (tertiary alicyclic amines) is 1. The molecule has 2 aromatic heterocycles. The zero-order chi connectivity index (χ0) is 34.1. The minimum atomic E-state index is -1.05. The topological polar surface area (TPSA) is 98.5 Å². The molecule has 0 radical (unpaired) electrons. The van der Waals surface area contributed by atoms with Gasteiger partial charge in [-0.05, 0) is 55.6 Å². The second-order valence-corrected chi connectivity index (χ2v) is 13.6. The monoisotopic (exact) mass is 669 g/mol. The van der Waals surface area contributed by atoms with Crippen LogP contribution in [-0.2, 0) is 4.79 Å². The van der Waals surface area contributed by atoms with Crippen molar-refractivity contribution in [1.82, 2.24) is 24.8 Å². The number of anilines is 1. The molecule has 6 rings (SSSR count). The Morgan fingerprint density at radius 3 is 2.71 bits per heavy atom. The Labute approximate surface area is 286 Å². The van der Waals surface area contributed by atoms with E-state index in [2.05, 4.69) is 63.6 Å². The number of amides is 1. The van der Waals surface area contributed by atoms with Crippen molar-refractivity contribution in [3.63, 3.8) is 0 Å². The van der Waals surface area contributed by atoms with Gasteiger partial charge in [-0.3, -0.25) is 9.78 Å². The third-order valence-electron chi connectivity index (χ3n) is 9.93. The molecule has 2 aromatic carbocycles. The van der Waals surface area contributed by atoms with Crippen molar-refractivity contribution >= 4 is 45.0 Å². The lowest BCUT2D eigenvalue weighted by molar-refractivity contribution is -0.131. The van der Waals surface area contributed by atoms with Gasteiger partial charge >= 0.3 is 6.01 Å². The van der Waals surface area contributed by atoms with Crippen LogP contribution in [0.1, 0.15) is 38.7 Å². The maximum Gasteiger partial charge on any atom is 0.319 e. The van der Waals surface area contributed by atoms with Crippen LogP contribution < -0.4 is 9.64 Å². The normalized spacial score (nSPS) is 20.9. The predicted molar refractivity (Wildman–Crippen MR) is 188 cm³/mol. The molecule has 2 aliphatic rings. The minimum absolute atomic E-state index is 0.0239. The molecule has 9 nitrogen and oxygen atoms in total. The molecule has 48 heavy (non-hydrogen) atoms. The lowest BCUT2D eigenvalue weighted by Crippen LogP contribution is -2.55. The van der Waals surface area contributed by atoms with Crippen molar-refractivity contribution in [2.75, 3.05) is 44.7 Å². The predicted octanol–water partition coefficient (Wildman–Crippen LogP) is 6.97. The molecule has 4 atom stereocenters. The minimum Gasteiger partial charge on any atom is -0.463 e. The van der Waals surface area contributed by atoms with Crippen molar-refractivity contribution in [1.29, 1.82) is 5.26 Å². The molecule has 250 valence electrons. The van der Waals surface area contributed by atoms with E-state index in [1.54, 1.807) is 6.20 Å². The summed E-state index contributed by atoms with van der Waals surface area (Å²) in [7, 11) is 2.17. The van der Waals surface area contributed by atoms with Gasteiger partial charge in [0.05, 0.1) is 41.2 Å². The Balaban J connectivity index is 1.43. The van der Waals surface area contributed by atoms with E-state index in [1.807, 2.05) is 23.1 Å². The standard InChI is InChI=1S/C37H41ClFN7O2/c1-22-9-6-11-26-12-7-13-28(30(22)26)32-31(38)33-29(19-41-32)35(45-17-18-46(36(47)25(4)39)27(20-45)14-15-40)43-37(42-33)48-21-24(3)34-23(2)10-8-16-44(34)5/h6-7,9,11-13,19,23-24,27,34H,4,8,10,14,16-18,20-21H2,1-3,5H3/t23?,24-,27-,34?/m0/s1. The number of piperidine rings is 1. The maximum absolute atomic E-state index is 13.9. The fourth-order valence-corrected chi connectivity index (χ4v) is 8.00. The van der Waals surface area contributed by atoms with Gasteiger partial charge in [0, 0.05) is 43.4 Å². The summed E-state index contributed by atoms with van der Waals surface area (Å²) in [6.07, 6.45) is 4.13. The Morgan fingerprint density at radius 2 is 1.98 bits per heavy atom. The number of ether oxygens (including phenoxy) is 1. The van der Waals surface area contributed by atoms with Crippen molar-refractivity contribution in [2.24, 2.45) is 11.8 Å². The average Bonchev–Trinajstić information content (AvgIpc) is 3.07. The fourth-order valence-electron chi connectivity index (χ4n) is 7.71. The summed E-state index contributed by atoms with van der Waals surface area (Å²) in [6, 6.07) is 14.4. The second kappa shape index (κ2) is 14.0. The number of fused-ring (bicyclic) bond motifs is 2.